The van der Waals surface area contributed by atoms with Gasteiger partial charge in [0.2, 0.25) is 0 Å². The summed E-state index contributed by atoms with van der Waals surface area (Å²) < 4.78 is 7.04. The van der Waals surface area contributed by atoms with Gasteiger partial charge >= 0.3 is 0 Å². The molecule has 2 fully saturated rings. The largest absolute Gasteiger partial charge is 0.389 e. The van der Waals surface area contributed by atoms with Crippen LogP contribution in [0.2, 0.25) is 0 Å². The topological polar surface area (TPSA) is 169 Å². The summed E-state index contributed by atoms with van der Waals surface area (Å²) in [5.74, 6) is -0.284. The SMILES string of the molecule is CC(C)(O)CNC(=O)c1c(NC(=O)c2nc(C3CC3)cnc2Nc2cncnc2)cnn1CC1CCOC1. The van der Waals surface area contributed by atoms with Crippen molar-refractivity contribution in [3.8, 4) is 0 Å². The molecule has 1 atom stereocenters. The highest BCUT2D eigenvalue weighted by molar-refractivity contribution is 6.09. The number of aliphatic hydroxyl groups is 1. The van der Waals surface area contributed by atoms with Crippen molar-refractivity contribution < 1.29 is 19.4 Å². The molecule has 0 bridgehead atoms. The third kappa shape index (κ3) is 6.29. The van der Waals surface area contributed by atoms with E-state index in [2.05, 4.69) is 41.0 Å². The lowest BCUT2D eigenvalue weighted by atomic mass is 10.1. The Morgan fingerprint density at radius 2 is 1.92 bits per heavy atom. The lowest BCUT2D eigenvalue weighted by molar-refractivity contribution is 0.0688. The summed E-state index contributed by atoms with van der Waals surface area (Å²) >= 11 is 0. The van der Waals surface area contributed by atoms with E-state index in [9.17, 15) is 14.7 Å². The summed E-state index contributed by atoms with van der Waals surface area (Å²) in [6.45, 7) is 4.92. The number of nitrogens with one attached hydrogen (secondary N) is 3. The maximum atomic E-state index is 13.6. The van der Waals surface area contributed by atoms with Gasteiger partial charge in [0.25, 0.3) is 11.8 Å². The van der Waals surface area contributed by atoms with Crippen molar-refractivity contribution >= 4 is 29.0 Å². The van der Waals surface area contributed by atoms with Gasteiger partial charge in [-0.2, -0.15) is 5.10 Å². The molecule has 13 heteroatoms. The van der Waals surface area contributed by atoms with Gasteiger partial charge in [0.1, 0.15) is 12.0 Å². The first-order valence-corrected chi connectivity index (χ1v) is 12.6. The van der Waals surface area contributed by atoms with Crippen LogP contribution in [0.15, 0.2) is 31.1 Å². The van der Waals surface area contributed by atoms with Gasteiger partial charge in [-0.1, -0.05) is 0 Å². The summed E-state index contributed by atoms with van der Waals surface area (Å²) in [6.07, 6.45) is 10.5. The van der Waals surface area contributed by atoms with Crippen LogP contribution in [0.4, 0.5) is 17.2 Å². The number of amides is 2. The van der Waals surface area contributed by atoms with Gasteiger partial charge in [-0.25, -0.2) is 19.9 Å². The van der Waals surface area contributed by atoms with Crippen LogP contribution >= 0.6 is 0 Å². The first kappa shape index (κ1) is 25.7. The quantitative estimate of drug-likeness (QED) is 0.309. The molecule has 1 aliphatic heterocycles. The number of hydrogen-bond acceptors (Lipinski definition) is 10. The minimum atomic E-state index is -1.11. The van der Waals surface area contributed by atoms with Gasteiger partial charge < -0.3 is 25.8 Å². The number of anilines is 3. The fourth-order valence-electron chi connectivity index (χ4n) is 4.12. The summed E-state index contributed by atoms with van der Waals surface area (Å²) in [6, 6.07) is 0. The van der Waals surface area contributed by atoms with E-state index in [1.165, 1.54) is 12.5 Å². The van der Waals surface area contributed by atoms with Crippen LogP contribution < -0.4 is 16.0 Å². The van der Waals surface area contributed by atoms with Crippen molar-refractivity contribution in [2.24, 2.45) is 5.92 Å². The van der Waals surface area contributed by atoms with E-state index in [4.69, 9.17) is 4.74 Å². The van der Waals surface area contributed by atoms with Gasteiger partial charge in [0.15, 0.2) is 11.5 Å². The summed E-state index contributed by atoms with van der Waals surface area (Å²) in [4.78, 5) is 43.8. The molecular formula is C25H31N9O4. The second kappa shape index (κ2) is 10.8. The number of carbonyl (C=O) groups is 2. The summed E-state index contributed by atoms with van der Waals surface area (Å²) in [7, 11) is 0. The molecule has 3 aromatic heterocycles. The molecule has 5 rings (SSSR count). The first-order chi connectivity index (χ1) is 18.3. The Morgan fingerprint density at radius 1 is 1.13 bits per heavy atom. The van der Waals surface area contributed by atoms with Gasteiger partial charge in [-0.3, -0.25) is 14.3 Å². The van der Waals surface area contributed by atoms with E-state index in [-0.39, 0.29) is 41.3 Å². The number of aromatic nitrogens is 6. The molecular weight excluding hydrogens is 490 g/mol. The molecule has 1 aliphatic carbocycles. The molecule has 4 heterocycles. The number of hydrogen-bond donors (Lipinski definition) is 4. The molecule has 2 aliphatic rings. The lowest BCUT2D eigenvalue weighted by Gasteiger charge is -2.19. The van der Waals surface area contributed by atoms with E-state index < -0.39 is 17.4 Å². The second-order valence-corrected chi connectivity index (χ2v) is 10.3. The van der Waals surface area contributed by atoms with Crippen molar-refractivity contribution in [1.29, 1.82) is 0 Å². The minimum absolute atomic E-state index is 0.0268. The Hall–Kier alpha value is -3.97. The van der Waals surface area contributed by atoms with Gasteiger partial charge in [0.05, 0.1) is 54.1 Å². The van der Waals surface area contributed by atoms with Crippen molar-refractivity contribution in [1.82, 2.24) is 35.0 Å². The van der Waals surface area contributed by atoms with Gasteiger partial charge in [-0.05, 0) is 33.1 Å². The first-order valence-electron chi connectivity index (χ1n) is 12.6. The maximum Gasteiger partial charge on any atom is 0.278 e. The van der Waals surface area contributed by atoms with Crippen LogP contribution in [0.25, 0.3) is 0 Å². The fraction of sp³-hybridized carbons (Fsp3) is 0.480. The minimum Gasteiger partial charge on any atom is -0.389 e. The Morgan fingerprint density at radius 3 is 2.61 bits per heavy atom. The van der Waals surface area contributed by atoms with E-state index in [1.54, 1.807) is 37.1 Å². The van der Waals surface area contributed by atoms with Crippen LogP contribution in [0.5, 0.6) is 0 Å². The molecule has 1 unspecified atom stereocenters. The van der Waals surface area contributed by atoms with Gasteiger partial charge in [0, 0.05) is 31.5 Å². The smallest absolute Gasteiger partial charge is 0.278 e. The average Bonchev–Trinajstić information content (AvgIpc) is 3.48. The maximum absolute atomic E-state index is 13.6. The Labute approximate surface area is 219 Å². The Kier molecular flexibility index (Phi) is 7.29. The van der Waals surface area contributed by atoms with Crippen molar-refractivity contribution in [2.45, 2.75) is 51.2 Å². The number of carbonyl (C=O) groups excluding carboxylic acids is 2. The zero-order chi connectivity index (χ0) is 26.7. The lowest BCUT2D eigenvalue weighted by Crippen LogP contribution is -2.39. The molecule has 0 radical (unpaired) electrons. The van der Waals surface area contributed by atoms with E-state index in [0.29, 0.717) is 25.4 Å². The van der Waals surface area contributed by atoms with Crippen molar-refractivity contribution in [2.75, 3.05) is 30.4 Å². The Balaban J connectivity index is 1.43. The fourth-order valence-corrected chi connectivity index (χ4v) is 4.12. The molecule has 1 saturated carbocycles. The standard InChI is InChI=1S/C25H31N9O4/c1-25(2,37)13-29-24(36)21-19(10-30-34(21)11-15-5-6-38-12-15)33-23(35)20-22(31-17-7-26-14-27-8-17)28-9-18(32-20)16-3-4-16/h7-10,14-16,37H,3-6,11-13H2,1-2H3,(H,28,31)(H,29,36)(H,33,35). The average molecular weight is 522 g/mol. The number of rotatable bonds is 10. The zero-order valence-corrected chi connectivity index (χ0v) is 21.3. The van der Waals surface area contributed by atoms with Crippen LogP contribution in [0, 0.1) is 5.92 Å². The summed E-state index contributed by atoms with van der Waals surface area (Å²) in [5, 5.41) is 23.1. The molecule has 0 spiro atoms. The molecule has 13 nitrogen and oxygen atoms in total. The highest BCUT2D eigenvalue weighted by Gasteiger charge is 2.29. The van der Waals surface area contributed by atoms with Gasteiger partial charge in [-0.15, -0.1) is 0 Å². The van der Waals surface area contributed by atoms with Crippen LogP contribution in [0.1, 0.15) is 65.7 Å². The van der Waals surface area contributed by atoms with Crippen LogP contribution in [-0.2, 0) is 11.3 Å². The predicted octanol–water partition coefficient (Wildman–Crippen LogP) is 1.87. The van der Waals surface area contributed by atoms with Crippen LogP contribution in [0.3, 0.4) is 0 Å². The molecule has 4 N–H and O–H groups in total. The molecule has 3 aromatic rings. The monoisotopic (exact) mass is 521 g/mol. The predicted molar refractivity (Wildman–Crippen MR) is 137 cm³/mol. The highest BCUT2D eigenvalue weighted by atomic mass is 16.5. The third-order valence-corrected chi connectivity index (χ3v) is 6.26. The molecule has 2 amide bonds. The number of ether oxygens (including phenoxy) is 1. The zero-order valence-electron chi connectivity index (χ0n) is 21.3. The molecule has 1 saturated heterocycles. The third-order valence-electron chi connectivity index (χ3n) is 6.26. The highest BCUT2D eigenvalue weighted by Crippen LogP contribution is 2.39. The molecule has 38 heavy (non-hydrogen) atoms. The van der Waals surface area contributed by atoms with Crippen LogP contribution in [-0.4, -0.2) is 72.0 Å². The van der Waals surface area contributed by atoms with E-state index in [0.717, 1.165) is 25.0 Å². The molecule has 200 valence electrons. The van der Waals surface area contributed by atoms with E-state index in [1.807, 2.05) is 0 Å². The Bertz CT molecular complexity index is 1300. The normalized spacial score (nSPS) is 17.3. The van der Waals surface area contributed by atoms with Crippen molar-refractivity contribution in [3.05, 3.63) is 48.2 Å². The molecule has 0 aromatic carbocycles. The summed E-state index contributed by atoms with van der Waals surface area (Å²) in [5.41, 5.74) is 0.682. The van der Waals surface area contributed by atoms with E-state index >= 15 is 0 Å². The number of nitrogens with zero attached hydrogens (tertiary/aromatic N) is 6. The second-order valence-electron chi connectivity index (χ2n) is 10.3. The van der Waals surface area contributed by atoms with Crippen molar-refractivity contribution in [3.63, 3.8) is 0 Å².